The molecule has 17 heavy (non-hydrogen) atoms. The summed E-state index contributed by atoms with van der Waals surface area (Å²) >= 11 is 0. The lowest BCUT2D eigenvalue weighted by Gasteiger charge is -2.36. The van der Waals surface area contributed by atoms with Gasteiger partial charge in [0.25, 0.3) is 0 Å². The lowest BCUT2D eigenvalue weighted by atomic mass is 9.68. The zero-order valence-electron chi connectivity index (χ0n) is 11.0. The molecule has 0 aromatic carbocycles. The molecule has 0 amide bonds. The van der Waals surface area contributed by atoms with Crippen molar-refractivity contribution < 1.29 is 4.79 Å². The maximum atomic E-state index is 12.0. The van der Waals surface area contributed by atoms with Gasteiger partial charge in [-0.25, -0.2) is 0 Å². The number of hydrogen-bond acceptors (Lipinski definition) is 1. The minimum absolute atomic E-state index is 0.396. The van der Waals surface area contributed by atoms with Gasteiger partial charge in [0.05, 0.1) is 0 Å². The van der Waals surface area contributed by atoms with Crippen molar-refractivity contribution >= 4 is 5.78 Å². The Labute approximate surface area is 105 Å². The standard InChI is InChI=1S/C16H24O/c1-11-14-7-5-3-2-4-6-12(14)10-13-8-9-15(17)16(11)13/h11,13,16H,2-10H2,1H3/t11-,13-,16+/m1/s1. The molecule has 0 radical (unpaired) electrons. The van der Waals surface area contributed by atoms with E-state index in [1.165, 1.54) is 51.4 Å². The summed E-state index contributed by atoms with van der Waals surface area (Å²) in [6.45, 7) is 2.33. The Balaban J connectivity index is 1.89. The van der Waals surface area contributed by atoms with Gasteiger partial charge in [0.15, 0.2) is 0 Å². The number of hydrogen-bond donors (Lipinski definition) is 0. The predicted molar refractivity (Wildman–Crippen MR) is 69.7 cm³/mol. The lowest BCUT2D eigenvalue weighted by molar-refractivity contribution is -0.122. The Bertz CT molecular complexity index is 353. The first-order valence-electron chi connectivity index (χ1n) is 7.51. The third-order valence-electron chi connectivity index (χ3n) is 5.37. The molecule has 94 valence electrons. The number of ketones is 1. The smallest absolute Gasteiger partial charge is 0.136 e. The maximum absolute atomic E-state index is 12.0. The summed E-state index contributed by atoms with van der Waals surface area (Å²) in [7, 11) is 0. The third-order valence-corrected chi connectivity index (χ3v) is 5.37. The summed E-state index contributed by atoms with van der Waals surface area (Å²) in [6.07, 6.45) is 11.5. The summed E-state index contributed by atoms with van der Waals surface area (Å²) in [5.74, 6) is 2.23. The van der Waals surface area contributed by atoms with Gasteiger partial charge in [0, 0.05) is 12.3 Å². The fourth-order valence-electron chi connectivity index (χ4n) is 4.51. The van der Waals surface area contributed by atoms with Crippen molar-refractivity contribution in [3.63, 3.8) is 0 Å². The highest BCUT2D eigenvalue weighted by molar-refractivity contribution is 5.84. The van der Waals surface area contributed by atoms with E-state index in [9.17, 15) is 4.79 Å². The van der Waals surface area contributed by atoms with Crippen LogP contribution in [0.4, 0.5) is 0 Å². The number of rotatable bonds is 0. The number of fused-ring (bicyclic) bond motifs is 1. The fourth-order valence-corrected chi connectivity index (χ4v) is 4.51. The van der Waals surface area contributed by atoms with Crippen molar-refractivity contribution in [1.82, 2.24) is 0 Å². The van der Waals surface area contributed by atoms with Gasteiger partial charge in [0.2, 0.25) is 0 Å². The molecular formula is C16H24O. The van der Waals surface area contributed by atoms with Crippen LogP contribution in [0.5, 0.6) is 0 Å². The quantitative estimate of drug-likeness (QED) is 0.570. The molecule has 0 unspecified atom stereocenters. The van der Waals surface area contributed by atoms with Crippen LogP contribution >= 0.6 is 0 Å². The van der Waals surface area contributed by atoms with Crippen molar-refractivity contribution in [3.8, 4) is 0 Å². The van der Waals surface area contributed by atoms with E-state index in [0.29, 0.717) is 23.5 Å². The molecule has 0 heterocycles. The molecular weight excluding hydrogens is 208 g/mol. The Morgan fingerprint density at radius 1 is 1.00 bits per heavy atom. The molecule has 0 aliphatic heterocycles. The average Bonchev–Trinajstić information content (AvgIpc) is 2.63. The van der Waals surface area contributed by atoms with Gasteiger partial charge < -0.3 is 0 Å². The van der Waals surface area contributed by atoms with Gasteiger partial charge in [-0.3, -0.25) is 4.79 Å². The Kier molecular flexibility index (Phi) is 3.10. The van der Waals surface area contributed by atoms with E-state index in [0.717, 1.165) is 6.42 Å². The molecule has 1 heteroatoms. The number of allylic oxidation sites excluding steroid dienone is 2. The molecule has 0 spiro atoms. The number of carbonyl (C=O) groups excluding carboxylic acids is 1. The highest BCUT2D eigenvalue weighted by Gasteiger charge is 2.43. The van der Waals surface area contributed by atoms with E-state index in [1.54, 1.807) is 11.1 Å². The molecule has 0 N–H and O–H groups in total. The van der Waals surface area contributed by atoms with E-state index in [-0.39, 0.29) is 0 Å². The van der Waals surface area contributed by atoms with Crippen LogP contribution in [0.2, 0.25) is 0 Å². The van der Waals surface area contributed by atoms with Crippen molar-refractivity contribution in [2.24, 2.45) is 17.8 Å². The van der Waals surface area contributed by atoms with Gasteiger partial charge in [-0.1, -0.05) is 30.9 Å². The summed E-state index contributed by atoms with van der Waals surface area (Å²) < 4.78 is 0. The molecule has 3 rings (SSSR count). The number of carbonyl (C=O) groups is 1. The SMILES string of the molecule is C[C@@H]1C2=C(CCCCCC2)C[C@H]2CCC(=O)[C@H]21. The van der Waals surface area contributed by atoms with Crippen LogP contribution in [0.3, 0.4) is 0 Å². The molecule has 0 aromatic rings. The van der Waals surface area contributed by atoms with Gasteiger partial charge in [-0.05, 0) is 50.4 Å². The Morgan fingerprint density at radius 3 is 2.59 bits per heavy atom. The molecule has 3 aliphatic carbocycles. The number of Topliss-reactive ketones (excluding diaryl/α,β-unsaturated/α-hetero) is 1. The van der Waals surface area contributed by atoms with E-state index in [2.05, 4.69) is 6.92 Å². The zero-order chi connectivity index (χ0) is 11.8. The van der Waals surface area contributed by atoms with Crippen LogP contribution in [-0.4, -0.2) is 5.78 Å². The first-order valence-corrected chi connectivity index (χ1v) is 7.51. The topological polar surface area (TPSA) is 17.1 Å². The fraction of sp³-hybridized carbons (Fsp3) is 0.812. The lowest BCUT2D eigenvalue weighted by Crippen LogP contribution is -2.30. The molecule has 1 fully saturated rings. The van der Waals surface area contributed by atoms with Crippen molar-refractivity contribution in [2.45, 2.75) is 64.7 Å². The predicted octanol–water partition coefficient (Wildman–Crippen LogP) is 4.27. The van der Waals surface area contributed by atoms with Crippen molar-refractivity contribution in [3.05, 3.63) is 11.1 Å². The highest BCUT2D eigenvalue weighted by atomic mass is 16.1. The van der Waals surface area contributed by atoms with Crippen molar-refractivity contribution in [1.29, 1.82) is 0 Å². The van der Waals surface area contributed by atoms with Crippen molar-refractivity contribution in [2.75, 3.05) is 0 Å². The van der Waals surface area contributed by atoms with Gasteiger partial charge in [-0.2, -0.15) is 0 Å². The molecule has 0 saturated heterocycles. The van der Waals surface area contributed by atoms with E-state index >= 15 is 0 Å². The summed E-state index contributed by atoms with van der Waals surface area (Å²) in [5.41, 5.74) is 3.45. The van der Waals surface area contributed by atoms with E-state index in [1.807, 2.05) is 0 Å². The van der Waals surface area contributed by atoms with Crippen LogP contribution in [0.25, 0.3) is 0 Å². The molecule has 0 aromatic heterocycles. The maximum Gasteiger partial charge on any atom is 0.136 e. The minimum Gasteiger partial charge on any atom is -0.299 e. The Morgan fingerprint density at radius 2 is 1.76 bits per heavy atom. The first kappa shape index (κ1) is 11.5. The largest absolute Gasteiger partial charge is 0.299 e. The summed E-state index contributed by atoms with van der Waals surface area (Å²) in [4.78, 5) is 12.0. The molecule has 3 atom stereocenters. The molecule has 1 nitrogen and oxygen atoms in total. The monoisotopic (exact) mass is 232 g/mol. The van der Waals surface area contributed by atoms with Gasteiger partial charge in [-0.15, -0.1) is 0 Å². The van der Waals surface area contributed by atoms with Gasteiger partial charge >= 0.3 is 0 Å². The summed E-state index contributed by atoms with van der Waals surface area (Å²) in [6, 6.07) is 0. The van der Waals surface area contributed by atoms with Gasteiger partial charge in [0.1, 0.15) is 5.78 Å². The van der Waals surface area contributed by atoms with E-state index in [4.69, 9.17) is 0 Å². The normalized spacial score (nSPS) is 38.4. The van der Waals surface area contributed by atoms with Crippen LogP contribution in [0.15, 0.2) is 11.1 Å². The summed E-state index contributed by atoms with van der Waals surface area (Å²) in [5, 5.41) is 0. The third kappa shape index (κ3) is 1.98. The van der Waals surface area contributed by atoms with Crippen LogP contribution < -0.4 is 0 Å². The highest BCUT2D eigenvalue weighted by Crippen LogP contribution is 2.48. The van der Waals surface area contributed by atoms with Crippen LogP contribution in [0, 0.1) is 17.8 Å². The van der Waals surface area contributed by atoms with E-state index < -0.39 is 0 Å². The second-order valence-corrected chi connectivity index (χ2v) is 6.33. The van der Waals surface area contributed by atoms with Crippen LogP contribution in [-0.2, 0) is 4.79 Å². The zero-order valence-corrected chi connectivity index (χ0v) is 11.0. The molecule has 3 aliphatic rings. The second-order valence-electron chi connectivity index (χ2n) is 6.33. The minimum atomic E-state index is 0.396. The average molecular weight is 232 g/mol. The Hall–Kier alpha value is -0.590. The first-order chi connectivity index (χ1) is 8.27. The molecule has 0 bridgehead atoms. The molecule has 1 saturated carbocycles. The van der Waals surface area contributed by atoms with Crippen LogP contribution in [0.1, 0.15) is 64.7 Å². The second kappa shape index (κ2) is 4.59.